The van der Waals surface area contributed by atoms with Crippen molar-refractivity contribution in [3.8, 4) is 0 Å². The van der Waals surface area contributed by atoms with Gasteiger partial charge in [-0.3, -0.25) is 9.59 Å². The fourth-order valence-corrected chi connectivity index (χ4v) is 4.75. The third kappa shape index (κ3) is 5.94. The van der Waals surface area contributed by atoms with E-state index in [4.69, 9.17) is 16.3 Å². The number of pyridine rings is 2. The maximum absolute atomic E-state index is 13.6. The summed E-state index contributed by atoms with van der Waals surface area (Å²) >= 11 is 5.84. The molecular weight excluding hydrogens is 490 g/mol. The Balaban J connectivity index is 1.55. The van der Waals surface area contributed by atoms with E-state index in [9.17, 15) is 14.4 Å². The molecule has 0 bridgehead atoms. The van der Waals surface area contributed by atoms with Gasteiger partial charge in [0.2, 0.25) is 0 Å². The zero-order chi connectivity index (χ0) is 26.7. The molecule has 2 heterocycles. The van der Waals surface area contributed by atoms with Crippen LogP contribution in [-0.2, 0) is 9.53 Å². The SMILES string of the molecule is Cc1ccc(C(=O)OC2=C(c3c(C)cc(C)cc3C)C(=O)C(CCNC(=O)c3ccc(Cl)cn3)C2)nc1. The number of Topliss-reactive ketones (excluding diaryl/α,β-unsaturated/α-hetero) is 1. The number of aryl methyl sites for hydroxylation is 4. The van der Waals surface area contributed by atoms with Gasteiger partial charge in [0, 0.05) is 31.3 Å². The molecule has 0 saturated carbocycles. The lowest BCUT2D eigenvalue weighted by atomic mass is 9.90. The van der Waals surface area contributed by atoms with Crippen LogP contribution in [0.5, 0.6) is 0 Å². The van der Waals surface area contributed by atoms with Crippen molar-refractivity contribution in [1.82, 2.24) is 15.3 Å². The Morgan fingerprint density at radius 3 is 2.27 bits per heavy atom. The third-order valence-electron chi connectivity index (χ3n) is 6.33. The number of nitrogens with one attached hydrogen (secondary N) is 1. The van der Waals surface area contributed by atoms with Gasteiger partial charge in [0.1, 0.15) is 17.1 Å². The first-order valence-corrected chi connectivity index (χ1v) is 12.4. The number of allylic oxidation sites excluding steroid dienone is 2. The molecule has 8 heteroatoms. The Hall–Kier alpha value is -3.84. The van der Waals surface area contributed by atoms with E-state index in [1.54, 1.807) is 24.4 Å². The predicted molar refractivity (Wildman–Crippen MR) is 141 cm³/mol. The van der Waals surface area contributed by atoms with E-state index in [0.29, 0.717) is 22.8 Å². The zero-order valence-electron chi connectivity index (χ0n) is 21.2. The monoisotopic (exact) mass is 517 g/mol. The molecule has 2 aromatic heterocycles. The highest BCUT2D eigenvalue weighted by molar-refractivity contribution is 6.30. The van der Waals surface area contributed by atoms with E-state index in [1.165, 1.54) is 12.3 Å². The molecule has 0 saturated heterocycles. The molecule has 1 aliphatic carbocycles. The van der Waals surface area contributed by atoms with Crippen LogP contribution >= 0.6 is 11.6 Å². The predicted octanol–water partition coefficient (Wildman–Crippen LogP) is 5.34. The third-order valence-corrected chi connectivity index (χ3v) is 6.55. The molecule has 1 N–H and O–H groups in total. The van der Waals surface area contributed by atoms with Gasteiger partial charge in [-0.25, -0.2) is 14.8 Å². The van der Waals surface area contributed by atoms with Crippen LogP contribution in [0, 0.1) is 33.6 Å². The molecule has 1 aliphatic rings. The maximum Gasteiger partial charge on any atom is 0.362 e. The number of nitrogens with zero attached hydrogens (tertiary/aromatic N) is 2. The largest absolute Gasteiger partial charge is 0.426 e. The molecule has 1 unspecified atom stereocenters. The molecule has 0 spiro atoms. The molecule has 7 nitrogen and oxygen atoms in total. The highest BCUT2D eigenvalue weighted by atomic mass is 35.5. The Morgan fingerprint density at radius 2 is 1.65 bits per heavy atom. The average molecular weight is 518 g/mol. The topological polar surface area (TPSA) is 98.2 Å². The lowest BCUT2D eigenvalue weighted by molar-refractivity contribution is -0.116. The van der Waals surface area contributed by atoms with E-state index >= 15 is 0 Å². The number of esters is 1. The first-order valence-electron chi connectivity index (χ1n) is 12.0. The summed E-state index contributed by atoms with van der Waals surface area (Å²) in [6, 6.07) is 10.5. The summed E-state index contributed by atoms with van der Waals surface area (Å²) < 4.78 is 5.80. The van der Waals surface area contributed by atoms with E-state index in [1.807, 2.05) is 39.8 Å². The maximum atomic E-state index is 13.6. The van der Waals surface area contributed by atoms with Crippen molar-refractivity contribution < 1.29 is 19.1 Å². The quantitative estimate of drug-likeness (QED) is 0.425. The van der Waals surface area contributed by atoms with Gasteiger partial charge >= 0.3 is 5.97 Å². The number of carbonyl (C=O) groups excluding carboxylic acids is 3. The Labute approximate surface area is 220 Å². The molecule has 0 aliphatic heterocycles. The number of ketones is 1. The van der Waals surface area contributed by atoms with E-state index < -0.39 is 11.9 Å². The first-order chi connectivity index (χ1) is 17.6. The van der Waals surface area contributed by atoms with Crippen LogP contribution in [0.1, 0.15) is 61.6 Å². The van der Waals surface area contributed by atoms with Gasteiger partial charge in [-0.05, 0) is 74.6 Å². The zero-order valence-corrected chi connectivity index (χ0v) is 22.0. The molecule has 3 aromatic rings. The van der Waals surface area contributed by atoms with Crippen LogP contribution < -0.4 is 5.32 Å². The van der Waals surface area contributed by atoms with Gasteiger partial charge in [-0.15, -0.1) is 0 Å². The Bertz CT molecular complexity index is 1370. The molecule has 1 amide bonds. The van der Waals surface area contributed by atoms with Crippen LogP contribution in [0.4, 0.5) is 0 Å². The van der Waals surface area contributed by atoms with Gasteiger partial charge in [-0.2, -0.15) is 0 Å². The van der Waals surface area contributed by atoms with Gasteiger partial charge < -0.3 is 10.1 Å². The van der Waals surface area contributed by atoms with Gasteiger partial charge in [0.25, 0.3) is 5.91 Å². The van der Waals surface area contributed by atoms with Crippen LogP contribution in [0.15, 0.2) is 54.6 Å². The lowest BCUT2D eigenvalue weighted by Gasteiger charge is -2.14. The van der Waals surface area contributed by atoms with Crippen LogP contribution in [0.25, 0.3) is 5.57 Å². The first kappa shape index (κ1) is 26.2. The van der Waals surface area contributed by atoms with Crippen molar-refractivity contribution in [1.29, 1.82) is 0 Å². The molecule has 4 rings (SSSR count). The summed E-state index contributed by atoms with van der Waals surface area (Å²) in [5, 5.41) is 3.25. The van der Waals surface area contributed by atoms with Crippen molar-refractivity contribution in [3.05, 3.63) is 98.8 Å². The number of carbonyl (C=O) groups is 3. The second-order valence-corrected chi connectivity index (χ2v) is 9.79. The van der Waals surface area contributed by atoms with Crippen LogP contribution in [-0.4, -0.2) is 34.2 Å². The highest BCUT2D eigenvalue weighted by Crippen LogP contribution is 2.40. The molecule has 37 heavy (non-hydrogen) atoms. The number of hydrogen-bond donors (Lipinski definition) is 1. The smallest absolute Gasteiger partial charge is 0.362 e. The fraction of sp³-hybridized carbons (Fsp3) is 0.276. The molecular formula is C29H28ClN3O4. The number of amides is 1. The standard InChI is InChI=1S/C29H28ClN3O4/c1-16-5-7-23(32-14-16)29(36)37-24-13-20(9-10-31-28(35)22-8-6-21(30)15-33-22)27(34)26(24)25-18(3)11-17(2)12-19(25)4/h5-8,11-12,14-15,20H,9-10,13H2,1-4H3,(H,31,35). The second kappa shape index (κ2) is 11.0. The Kier molecular flexibility index (Phi) is 7.83. The summed E-state index contributed by atoms with van der Waals surface area (Å²) in [6.45, 7) is 8.04. The normalized spacial score (nSPS) is 15.2. The van der Waals surface area contributed by atoms with E-state index in [0.717, 1.165) is 27.8 Å². The van der Waals surface area contributed by atoms with Crippen LogP contribution in [0.2, 0.25) is 5.02 Å². The molecule has 1 atom stereocenters. The summed E-state index contributed by atoms with van der Waals surface area (Å²) in [4.78, 5) is 47.2. The number of hydrogen-bond acceptors (Lipinski definition) is 6. The summed E-state index contributed by atoms with van der Waals surface area (Å²) in [5.74, 6) is -1.16. The minimum absolute atomic E-state index is 0.103. The average Bonchev–Trinajstić information content (AvgIpc) is 3.14. The number of ether oxygens (including phenoxy) is 1. The van der Waals surface area contributed by atoms with Gasteiger partial charge in [-0.1, -0.05) is 35.4 Å². The molecule has 1 aromatic carbocycles. The number of halogens is 1. The molecule has 0 fully saturated rings. The fourth-order valence-electron chi connectivity index (χ4n) is 4.64. The lowest BCUT2D eigenvalue weighted by Crippen LogP contribution is -2.27. The minimum Gasteiger partial charge on any atom is -0.426 e. The van der Waals surface area contributed by atoms with Crippen molar-refractivity contribution in [3.63, 3.8) is 0 Å². The van der Waals surface area contributed by atoms with Crippen molar-refractivity contribution in [2.24, 2.45) is 5.92 Å². The minimum atomic E-state index is -0.606. The van der Waals surface area contributed by atoms with Crippen molar-refractivity contribution in [2.45, 2.75) is 40.5 Å². The number of rotatable bonds is 7. The van der Waals surface area contributed by atoms with Crippen molar-refractivity contribution >= 4 is 34.8 Å². The second-order valence-electron chi connectivity index (χ2n) is 9.35. The summed E-state index contributed by atoms with van der Waals surface area (Å²) in [5.41, 5.74) is 5.51. The number of aromatic nitrogens is 2. The number of benzene rings is 1. The highest BCUT2D eigenvalue weighted by Gasteiger charge is 2.37. The Morgan fingerprint density at radius 1 is 0.973 bits per heavy atom. The van der Waals surface area contributed by atoms with Crippen molar-refractivity contribution in [2.75, 3.05) is 6.54 Å². The summed E-state index contributed by atoms with van der Waals surface area (Å²) in [6.07, 6.45) is 3.65. The van der Waals surface area contributed by atoms with E-state index in [2.05, 4.69) is 15.3 Å². The van der Waals surface area contributed by atoms with Crippen LogP contribution in [0.3, 0.4) is 0 Å². The summed E-state index contributed by atoms with van der Waals surface area (Å²) in [7, 11) is 0. The van der Waals surface area contributed by atoms with Gasteiger partial charge in [0.05, 0.1) is 10.6 Å². The molecule has 190 valence electrons. The van der Waals surface area contributed by atoms with E-state index in [-0.39, 0.29) is 36.0 Å². The van der Waals surface area contributed by atoms with Gasteiger partial charge in [0.15, 0.2) is 5.78 Å². The molecule has 0 radical (unpaired) electrons.